The summed E-state index contributed by atoms with van der Waals surface area (Å²) in [5.74, 6) is -0.0340. The number of hydrogen-bond donors (Lipinski definition) is 3. The molecular weight excluding hydrogens is 288 g/mol. The summed E-state index contributed by atoms with van der Waals surface area (Å²) in [4.78, 5) is 12.3. The van der Waals surface area contributed by atoms with Crippen LogP contribution >= 0.6 is 12.4 Å². The molecular formula is C15H19ClN4O. The van der Waals surface area contributed by atoms with Gasteiger partial charge in [0.15, 0.2) is 0 Å². The van der Waals surface area contributed by atoms with E-state index in [9.17, 15) is 4.79 Å². The van der Waals surface area contributed by atoms with Crippen LogP contribution in [0.3, 0.4) is 0 Å². The number of aromatic nitrogens is 2. The molecule has 3 rings (SSSR count). The lowest BCUT2D eigenvalue weighted by Gasteiger charge is -2.22. The summed E-state index contributed by atoms with van der Waals surface area (Å²) in [7, 11) is 0. The number of aryl methyl sites for hydroxylation is 1. The zero-order valence-corrected chi connectivity index (χ0v) is 12.5. The Morgan fingerprint density at radius 1 is 1.48 bits per heavy atom. The number of benzene rings is 1. The van der Waals surface area contributed by atoms with E-state index in [1.807, 2.05) is 30.5 Å². The number of aromatic amines is 1. The quantitative estimate of drug-likeness (QED) is 0.805. The maximum absolute atomic E-state index is 12.3. The molecule has 1 aliphatic carbocycles. The highest BCUT2D eigenvalue weighted by Crippen LogP contribution is 2.19. The van der Waals surface area contributed by atoms with Crippen LogP contribution in [0.2, 0.25) is 0 Å². The largest absolute Gasteiger partial charge is 0.349 e. The van der Waals surface area contributed by atoms with Gasteiger partial charge in [0.05, 0.1) is 6.20 Å². The number of nitrogens with one attached hydrogen (secondary N) is 2. The summed E-state index contributed by atoms with van der Waals surface area (Å²) < 4.78 is 0. The van der Waals surface area contributed by atoms with Crippen molar-refractivity contribution in [2.24, 2.45) is 5.73 Å². The van der Waals surface area contributed by atoms with Gasteiger partial charge in [-0.2, -0.15) is 5.10 Å². The summed E-state index contributed by atoms with van der Waals surface area (Å²) in [5.41, 5.74) is 9.64. The number of carbonyl (C=O) groups is 1. The number of nitrogens with two attached hydrogens (primary N) is 1. The molecule has 1 aromatic carbocycles. The van der Waals surface area contributed by atoms with Crippen LogP contribution in [0.5, 0.6) is 0 Å². The fraction of sp³-hybridized carbons (Fsp3) is 0.333. The maximum atomic E-state index is 12.3. The van der Waals surface area contributed by atoms with Gasteiger partial charge in [0.25, 0.3) is 5.91 Å². The van der Waals surface area contributed by atoms with Gasteiger partial charge in [0, 0.05) is 30.3 Å². The number of carbonyl (C=O) groups excluding carboxylic acids is 1. The molecule has 0 saturated carbocycles. The topological polar surface area (TPSA) is 83.8 Å². The van der Waals surface area contributed by atoms with Gasteiger partial charge >= 0.3 is 0 Å². The average Bonchev–Trinajstić information content (AvgIpc) is 2.95. The van der Waals surface area contributed by atoms with E-state index < -0.39 is 0 Å². The molecule has 0 radical (unpaired) electrons. The molecule has 2 aromatic rings. The summed E-state index contributed by atoms with van der Waals surface area (Å²) in [6, 6.07) is 7.62. The summed E-state index contributed by atoms with van der Waals surface area (Å²) in [6.45, 7) is 0.446. The van der Waals surface area contributed by atoms with E-state index in [2.05, 4.69) is 15.5 Å². The molecule has 1 atom stereocenters. The SMILES string of the molecule is Cl.NCc1cccc(C(=O)NC2CCc3cn[nH]c3C2)c1. The highest BCUT2D eigenvalue weighted by Gasteiger charge is 2.21. The van der Waals surface area contributed by atoms with Crippen molar-refractivity contribution in [3.8, 4) is 0 Å². The third-order valence-electron chi connectivity index (χ3n) is 3.78. The van der Waals surface area contributed by atoms with E-state index >= 15 is 0 Å². The Labute approximate surface area is 129 Å². The third-order valence-corrected chi connectivity index (χ3v) is 3.78. The number of rotatable bonds is 3. The molecule has 0 aliphatic heterocycles. The average molecular weight is 307 g/mol. The van der Waals surface area contributed by atoms with Crippen LogP contribution in [0.4, 0.5) is 0 Å². The highest BCUT2D eigenvalue weighted by molar-refractivity contribution is 5.94. The van der Waals surface area contributed by atoms with Gasteiger partial charge < -0.3 is 11.1 Å². The molecule has 6 heteroatoms. The number of fused-ring (bicyclic) bond motifs is 1. The van der Waals surface area contributed by atoms with Crippen LogP contribution in [0.25, 0.3) is 0 Å². The Morgan fingerprint density at radius 3 is 3.14 bits per heavy atom. The molecule has 0 fully saturated rings. The predicted molar refractivity (Wildman–Crippen MR) is 83.4 cm³/mol. The van der Waals surface area contributed by atoms with E-state index in [0.717, 1.165) is 30.5 Å². The Hall–Kier alpha value is -1.85. The van der Waals surface area contributed by atoms with Crippen molar-refractivity contribution in [1.82, 2.24) is 15.5 Å². The first-order chi connectivity index (χ1) is 9.76. The Bertz CT molecular complexity index is 626. The van der Waals surface area contributed by atoms with Crippen molar-refractivity contribution in [3.05, 3.63) is 52.8 Å². The summed E-state index contributed by atoms with van der Waals surface area (Å²) in [5, 5.41) is 10.1. The van der Waals surface area contributed by atoms with E-state index in [0.29, 0.717) is 12.1 Å². The van der Waals surface area contributed by atoms with E-state index in [1.54, 1.807) is 0 Å². The smallest absolute Gasteiger partial charge is 0.251 e. The monoisotopic (exact) mass is 306 g/mol. The van der Waals surface area contributed by atoms with E-state index in [-0.39, 0.29) is 24.4 Å². The minimum absolute atomic E-state index is 0. The molecule has 1 amide bonds. The van der Waals surface area contributed by atoms with E-state index in [1.165, 1.54) is 5.56 Å². The second-order valence-corrected chi connectivity index (χ2v) is 5.19. The molecule has 0 spiro atoms. The molecule has 21 heavy (non-hydrogen) atoms. The molecule has 1 aromatic heterocycles. The molecule has 1 heterocycles. The Kier molecular flexibility index (Phi) is 4.98. The minimum atomic E-state index is -0.0340. The van der Waals surface area contributed by atoms with Crippen molar-refractivity contribution in [2.75, 3.05) is 0 Å². The second-order valence-electron chi connectivity index (χ2n) is 5.19. The number of H-pyrrole nitrogens is 1. The Morgan fingerprint density at radius 2 is 2.33 bits per heavy atom. The number of halogens is 1. The molecule has 4 N–H and O–H groups in total. The van der Waals surface area contributed by atoms with Crippen molar-refractivity contribution < 1.29 is 4.79 Å². The van der Waals surface area contributed by atoms with Gasteiger partial charge in [0.2, 0.25) is 0 Å². The molecule has 0 bridgehead atoms. The van der Waals surface area contributed by atoms with Gasteiger partial charge in [-0.3, -0.25) is 9.89 Å². The highest BCUT2D eigenvalue weighted by atomic mass is 35.5. The van der Waals surface area contributed by atoms with E-state index in [4.69, 9.17) is 5.73 Å². The molecule has 112 valence electrons. The predicted octanol–water partition coefficient (Wildman–Crippen LogP) is 1.58. The number of nitrogens with zero attached hydrogens (tertiary/aromatic N) is 1. The number of hydrogen-bond acceptors (Lipinski definition) is 3. The van der Waals surface area contributed by atoms with Gasteiger partial charge in [-0.15, -0.1) is 12.4 Å². The summed E-state index contributed by atoms with van der Waals surface area (Å²) >= 11 is 0. The van der Waals surface area contributed by atoms with Crippen LogP contribution in [0, 0.1) is 0 Å². The molecule has 1 unspecified atom stereocenters. The van der Waals surface area contributed by atoms with Crippen LogP contribution in [-0.4, -0.2) is 22.1 Å². The first-order valence-corrected chi connectivity index (χ1v) is 6.87. The van der Waals surface area contributed by atoms with Gasteiger partial charge in [-0.25, -0.2) is 0 Å². The fourth-order valence-corrected chi connectivity index (χ4v) is 2.64. The standard InChI is InChI=1S/C15H18N4O.ClH/c16-8-10-2-1-3-11(6-10)15(20)18-13-5-4-12-9-17-19-14(12)7-13;/h1-3,6,9,13H,4-5,7-8,16H2,(H,17,19)(H,18,20);1H. The fourth-order valence-electron chi connectivity index (χ4n) is 2.64. The lowest BCUT2D eigenvalue weighted by Crippen LogP contribution is -2.38. The first-order valence-electron chi connectivity index (χ1n) is 6.87. The Balaban J connectivity index is 0.00000161. The van der Waals surface area contributed by atoms with Gasteiger partial charge in [0.1, 0.15) is 0 Å². The van der Waals surface area contributed by atoms with Crippen molar-refractivity contribution in [3.63, 3.8) is 0 Å². The zero-order valence-electron chi connectivity index (χ0n) is 11.6. The second kappa shape index (κ2) is 6.74. The van der Waals surface area contributed by atoms with Crippen LogP contribution in [-0.2, 0) is 19.4 Å². The van der Waals surface area contributed by atoms with Gasteiger partial charge in [-0.05, 0) is 36.1 Å². The minimum Gasteiger partial charge on any atom is -0.349 e. The molecule has 1 aliphatic rings. The van der Waals surface area contributed by atoms with Crippen molar-refractivity contribution in [2.45, 2.75) is 31.8 Å². The lowest BCUT2D eigenvalue weighted by molar-refractivity contribution is 0.0933. The van der Waals surface area contributed by atoms with Crippen molar-refractivity contribution in [1.29, 1.82) is 0 Å². The number of amides is 1. The lowest BCUT2D eigenvalue weighted by atomic mass is 9.93. The zero-order chi connectivity index (χ0) is 13.9. The van der Waals surface area contributed by atoms with Crippen molar-refractivity contribution >= 4 is 18.3 Å². The first kappa shape index (κ1) is 15.5. The summed E-state index contributed by atoms with van der Waals surface area (Å²) in [6.07, 6.45) is 4.60. The molecule has 0 saturated heterocycles. The van der Waals surface area contributed by atoms with Gasteiger partial charge in [-0.1, -0.05) is 12.1 Å². The maximum Gasteiger partial charge on any atom is 0.251 e. The molecule has 5 nitrogen and oxygen atoms in total. The van der Waals surface area contributed by atoms with Crippen LogP contribution in [0.1, 0.15) is 33.6 Å². The third kappa shape index (κ3) is 3.43. The normalized spacial score (nSPS) is 16.7. The van der Waals surface area contributed by atoms with Crippen LogP contribution < -0.4 is 11.1 Å². The van der Waals surface area contributed by atoms with Crippen LogP contribution in [0.15, 0.2) is 30.5 Å².